The average molecular weight is 942 g/mol. The molecule has 2 aromatic heterocycles. The maximum atomic E-state index is 13.5. The molecule has 3 aromatic carbocycles. The van der Waals surface area contributed by atoms with E-state index in [-0.39, 0.29) is 47.4 Å². The Balaban J connectivity index is 0.635. The number of rotatable bonds is 19. The van der Waals surface area contributed by atoms with Crippen molar-refractivity contribution in [2.45, 2.75) is 83.1 Å². The zero-order valence-electron chi connectivity index (χ0n) is 38.9. The number of imide groups is 2. The molecule has 3 saturated heterocycles. The summed E-state index contributed by atoms with van der Waals surface area (Å²) in [5, 5.41) is 29.4. The molecule has 0 radical (unpaired) electrons. The van der Waals surface area contributed by atoms with E-state index in [1.807, 2.05) is 12.3 Å². The monoisotopic (exact) mass is 941 g/mol. The van der Waals surface area contributed by atoms with Gasteiger partial charge in [-0.25, -0.2) is 0 Å². The van der Waals surface area contributed by atoms with E-state index in [1.165, 1.54) is 17.4 Å². The van der Waals surface area contributed by atoms with Crippen molar-refractivity contribution in [3.63, 3.8) is 0 Å². The van der Waals surface area contributed by atoms with Crippen LogP contribution in [0.4, 0.5) is 17.2 Å². The first kappa shape index (κ1) is 47.0. The highest BCUT2D eigenvalue weighted by atomic mass is 16.5. The topological polar surface area (TPSA) is 224 Å². The number of para-hydroxylation sites is 1. The van der Waals surface area contributed by atoms with Crippen LogP contribution < -0.4 is 30.3 Å². The Kier molecular flexibility index (Phi) is 14.6. The van der Waals surface area contributed by atoms with Gasteiger partial charge < -0.3 is 34.9 Å². The predicted octanol–water partition coefficient (Wildman–Crippen LogP) is 5.01. The molecule has 69 heavy (non-hydrogen) atoms. The lowest BCUT2D eigenvalue weighted by Crippen LogP contribution is -2.54. The van der Waals surface area contributed by atoms with Crippen molar-refractivity contribution in [2.24, 2.45) is 0 Å². The molecule has 362 valence electrons. The van der Waals surface area contributed by atoms with Crippen LogP contribution in [0.2, 0.25) is 0 Å². The SMILES string of the molecule is CC(Oc1cccc2c1C(=O)N(C1CCC(=O)NC1=O)C2=O)c1cn(CCCCCCOCCN2CCN(c3ccc(N4CCC[C@H](Oc5cc(-c6ccccc6O)nnc5N)C4)cc3)CC2)nn1. The van der Waals surface area contributed by atoms with E-state index in [2.05, 4.69) is 64.8 Å². The number of phenolic OH excluding ortho intramolecular Hbond substituents is 1. The number of fused-ring (bicyclic) bond motifs is 1. The number of benzene rings is 3. The number of phenols is 1. The number of aromatic nitrogens is 5. The lowest BCUT2D eigenvalue weighted by Gasteiger charge is -2.37. The lowest BCUT2D eigenvalue weighted by molar-refractivity contribution is -0.136. The van der Waals surface area contributed by atoms with Crippen LogP contribution in [-0.2, 0) is 20.9 Å². The van der Waals surface area contributed by atoms with E-state index in [0.717, 1.165) is 95.8 Å². The third-order valence-corrected chi connectivity index (χ3v) is 13.3. The first-order chi connectivity index (χ1) is 33.6. The molecule has 0 bridgehead atoms. The van der Waals surface area contributed by atoms with Gasteiger partial charge in [0.1, 0.15) is 41.1 Å². The zero-order valence-corrected chi connectivity index (χ0v) is 38.9. The fourth-order valence-corrected chi connectivity index (χ4v) is 9.42. The summed E-state index contributed by atoms with van der Waals surface area (Å²) in [4.78, 5) is 59.0. The molecule has 4 N–H and O–H groups in total. The number of nitrogen functional groups attached to an aromatic ring is 1. The molecular formula is C50H59N11O8. The number of aryl methyl sites for hydroxylation is 1. The first-order valence-electron chi connectivity index (χ1n) is 24.0. The average Bonchev–Trinajstić information content (AvgIpc) is 3.94. The second-order valence-electron chi connectivity index (χ2n) is 18.0. The Morgan fingerprint density at radius 1 is 0.783 bits per heavy atom. The maximum Gasteiger partial charge on any atom is 0.266 e. The van der Waals surface area contributed by atoms with Crippen molar-refractivity contribution in [3.8, 4) is 28.5 Å². The molecule has 0 saturated carbocycles. The molecule has 19 nitrogen and oxygen atoms in total. The zero-order chi connectivity index (χ0) is 47.9. The number of carbonyl (C=O) groups is 4. The fraction of sp³-hybridized carbons (Fsp3) is 0.440. The van der Waals surface area contributed by atoms with Crippen molar-refractivity contribution < 1.29 is 38.5 Å². The molecule has 4 aliphatic heterocycles. The summed E-state index contributed by atoms with van der Waals surface area (Å²) in [6.07, 6.45) is 7.23. The number of anilines is 3. The van der Waals surface area contributed by atoms with E-state index in [9.17, 15) is 24.3 Å². The molecule has 0 spiro atoms. The minimum absolute atomic E-state index is 0.0471. The highest BCUT2D eigenvalue weighted by molar-refractivity contribution is 6.24. The number of ether oxygens (including phenoxy) is 3. The first-order valence-corrected chi connectivity index (χ1v) is 24.0. The number of piperidine rings is 2. The maximum absolute atomic E-state index is 13.5. The number of unbranched alkanes of at least 4 members (excludes halogenated alkanes) is 3. The van der Waals surface area contributed by atoms with Crippen LogP contribution in [0.5, 0.6) is 17.2 Å². The van der Waals surface area contributed by atoms with Gasteiger partial charge in [-0.2, -0.15) is 0 Å². The molecule has 3 atom stereocenters. The van der Waals surface area contributed by atoms with Crippen LogP contribution in [-0.4, -0.2) is 135 Å². The van der Waals surface area contributed by atoms with Crippen molar-refractivity contribution >= 4 is 40.8 Å². The lowest BCUT2D eigenvalue weighted by atomic mass is 10.0. The van der Waals surface area contributed by atoms with Gasteiger partial charge in [-0.1, -0.05) is 36.3 Å². The normalized spacial score (nSPS) is 19.2. The molecular weight excluding hydrogens is 883 g/mol. The fourth-order valence-electron chi connectivity index (χ4n) is 9.42. The second kappa shape index (κ2) is 21.5. The van der Waals surface area contributed by atoms with Gasteiger partial charge in [0.2, 0.25) is 11.8 Å². The minimum atomic E-state index is -1.05. The van der Waals surface area contributed by atoms with Gasteiger partial charge in [0.25, 0.3) is 11.8 Å². The molecule has 3 fully saturated rings. The third-order valence-electron chi connectivity index (χ3n) is 13.3. The smallest absolute Gasteiger partial charge is 0.266 e. The third kappa shape index (κ3) is 10.9. The largest absolute Gasteiger partial charge is 0.507 e. The number of aromatic hydroxyl groups is 1. The molecule has 5 aromatic rings. The Morgan fingerprint density at radius 3 is 2.35 bits per heavy atom. The molecule has 0 aliphatic carbocycles. The number of nitrogens with zero attached hydrogens (tertiary/aromatic N) is 9. The van der Waals surface area contributed by atoms with E-state index < -0.39 is 35.8 Å². The summed E-state index contributed by atoms with van der Waals surface area (Å²) < 4.78 is 20.3. The van der Waals surface area contributed by atoms with Crippen molar-refractivity contribution in [2.75, 3.05) is 74.6 Å². The van der Waals surface area contributed by atoms with Crippen molar-refractivity contribution in [1.29, 1.82) is 0 Å². The van der Waals surface area contributed by atoms with Crippen LogP contribution >= 0.6 is 0 Å². The van der Waals surface area contributed by atoms with Crippen molar-refractivity contribution in [1.82, 2.24) is 40.3 Å². The highest BCUT2D eigenvalue weighted by Crippen LogP contribution is 2.36. The highest BCUT2D eigenvalue weighted by Gasteiger charge is 2.46. The molecule has 4 amide bonds. The summed E-state index contributed by atoms with van der Waals surface area (Å²) in [6, 6.07) is 21.3. The Bertz CT molecular complexity index is 2640. The molecule has 19 heteroatoms. The predicted molar refractivity (Wildman–Crippen MR) is 256 cm³/mol. The van der Waals surface area contributed by atoms with Crippen LogP contribution in [0.25, 0.3) is 11.3 Å². The number of nitrogens with one attached hydrogen (secondary N) is 1. The number of hydrogen-bond donors (Lipinski definition) is 3. The van der Waals surface area contributed by atoms with E-state index in [0.29, 0.717) is 35.9 Å². The van der Waals surface area contributed by atoms with Gasteiger partial charge in [0.15, 0.2) is 11.6 Å². The Hall–Kier alpha value is -7.12. The summed E-state index contributed by atoms with van der Waals surface area (Å²) in [5.74, 6) is -1.24. The van der Waals surface area contributed by atoms with Gasteiger partial charge >= 0.3 is 0 Å². The molecule has 4 aliphatic rings. The summed E-state index contributed by atoms with van der Waals surface area (Å²) >= 11 is 0. The summed E-state index contributed by atoms with van der Waals surface area (Å²) in [6.45, 7) is 10.5. The van der Waals surface area contributed by atoms with Gasteiger partial charge in [-0.05, 0) is 87.6 Å². The van der Waals surface area contributed by atoms with Gasteiger partial charge in [-0.15, -0.1) is 15.3 Å². The van der Waals surface area contributed by atoms with Crippen LogP contribution in [0, 0.1) is 0 Å². The summed E-state index contributed by atoms with van der Waals surface area (Å²) in [5.41, 5.74) is 10.5. The van der Waals surface area contributed by atoms with Gasteiger partial charge in [0.05, 0.1) is 30.5 Å². The standard InChI is InChI=1S/C50H59N11O8/c1-33(68-43-14-8-12-38-46(43)50(66)61(49(38)65)41-19-20-45(63)52-48(41)64)40-32-60(56-54-40)22-6-2-3-7-28-67-29-27-57-23-25-58(26-24-57)34-15-17-35(18-16-34)59-21-9-10-36(31-59)69-44-30-39(53-55-47(44)51)37-11-4-5-13-42(37)62/h4-5,8,11-18,30,32-33,36,41,62H,2-3,6-7,9-10,19-29,31H2,1H3,(H2,51,55)(H,52,63,64)/t33?,36-,41?/m0/s1. The van der Waals surface area contributed by atoms with E-state index in [4.69, 9.17) is 19.9 Å². The van der Waals surface area contributed by atoms with E-state index >= 15 is 0 Å². The second-order valence-corrected chi connectivity index (χ2v) is 18.0. The summed E-state index contributed by atoms with van der Waals surface area (Å²) in [7, 11) is 0. The quantitative estimate of drug-likeness (QED) is 0.0731. The minimum Gasteiger partial charge on any atom is -0.507 e. The van der Waals surface area contributed by atoms with E-state index in [1.54, 1.807) is 48.0 Å². The van der Waals surface area contributed by atoms with Gasteiger partial charge in [0, 0.05) is 81.8 Å². The number of carbonyl (C=O) groups excluding carboxylic acids is 4. The number of hydrogen-bond acceptors (Lipinski definition) is 16. The molecule has 9 rings (SSSR count). The molecule has 6 heterocycles. The number of amides is 4. The number of nitrogens with two attached hydrogens (primary N) is 1. The Labute approximate surface area is 400 Å². The van der Waals surface area contributed by atoms with Crippen molar-refractivity contribution in [3.05, 3.63) is 95.8 Å². The van der Waals surface area contributed by atoms with Gasteiger partial charge in [-0.3, -0.25) is 39.0 Å². The van der Waals surface area contributed by atoms with Crippen LogP contribution in [0.1, 0.15) is 90.8 Å². The van der Waals surface area contributed by atoms with Crippen LogP contribution in [0.15, 0.2) is 79.0 Å². The Morgan fingerprint density at radius 2 is 1.55 bits per heavy atom. The number of piperazine rings is 1. The van der Waals surface area contributed by atoms with Crippen LogP contribution in [0.3, 0.4) is 0 Å². The molecule has 2 unspecified atom stereocenters.